The van der Waals surface area contributed by atoms with E-state index in [9.17, 15) is 0 Å². The van der Waals surface area contributed by atoms with Crippen molar-refractivity contribution in [3.05, 3.63) is 18.0 Å². The molecule has 1 aliphatic rings. The van der Waals surface area contributed by atoms with Gasteiger partial charge in [-0.15, -0.1) is 0 Å². The van der Waals surface area contributed by atoms with Crippen molar-refractivity contribution in [3.63, 3.8) is 0 Å². The van der Waals surface area contributed by atoms with Crippen LogP contribution in [0.25, 0.3) is 0 Å². The predicted molar refractivity (Wildman–Crippen MR) is 60.6 cm³/mol. The summed E-state index contributed by atoms with van der Waals surface area (Å²) in [6.07, 6.45) is 5.64. The van der Waals surface area contributed by atoms with E-state index in [0.29, 0.717) is 0 Å². The van der Waals surface area contributed by atoms with Gasteiger partial charge in [0.25, 0.3) is 0 Å². The third-order valence-corrected chi connectivity index (χ3v) is 3.06. The molecule has 1 fully saturated rings. The summed E-state index contributed by atoms with van der Waals surface area (Å²) in [5, 5.41) is 4.17. The fourth-order valence-electron chi connectivity index (χ4n) is 1.99. The van der Waals surface area contributed by atoms with E-state index >= 15 is 0 Å². The van der Waals surface area contributed by atoms with Gasteiger partial charge < -0.3 is 5.73 Å². The Kier molecular flexibility index (Phi) is 3.38. The van der Waals surface area contributed by atoms with Gasteiger partial charge >= 0.3 is 0 Å². The van der Waals surface area contributed by atoms with Gasteiger partial charge in [-0.1, -0.05) is 0 Å². The van der Waals surface area contributed by atoms with Gasteiger partial charge in [0, 0.05) is 51.0 Å². The molecule has 0 saturated heterocycles. The molecule has 2 rings (SSSR count). The van der Waals surface area contributed by atoms with Crippen molar-refractivity contribution in [1.82, 2.24) is 14.7 Å². The molecule has 0 amide bonds. The number of hydrogen-bond donors (Lipinski definition) is 1. The van der Waals surface area contributed by atoms with Crippen LogP contribution < -0.4 is 5.73 Å². The van der Waals surface area contributed by atoms with Crippen molar-refractivity contribution in [2.75, 3.05) is 19.6 Å². The van der Waals surface area contributed by atoms with Gasteiger partial charge in [0.2, 0.25) is 0 Å². The monoisotopic (exact) mass is 208 g/mol. The number of aromatic nitrogens is 2. The molecule has 15 heavy (non-hydrogen) atoms. The Hall–Kier alpha value is -0.870. The number of rotatable bonds is 6. The molecule has 2 N–H and O–H groups in total. The Morgan fingerprint density at radius 3 is 2.87 bits per heavy atom. The van der Waals surface area contributed by atoms with Crippen LogP contribution in [-0.4, -0.2) is 40.4 Å². The maximum absolute atomic E-state index is 5.61. The second-order valence-electron chi connectivity index (χ2n) is 4.25. The zero-order valence-electron chi connectivity index (χ0n) is 9.39. The van der Waals surface area contributed by atoms with Gasteiger partial charge in [-0.25, -0.2) is 0 Å². The molecule has 0 spiro atoms. The van der Waals surface area contributed by atoms with Gasteiger partial charge in [0.1, 0.15) is 0 Å². The largest absolute Gasteiger partial charge is 0.329 e. The summed E-state index contributed by atoms with van der Waals surface area (Å²) in [6, 6.07) is 2.90. The van der Waals surface area contributed by atoms with E-state index in [1.165, 1.54) is 18.5 Å². The topological polar surface area (TPSA) is 47.1 Å². The van der Waals surface area contributed by atoms with Crippen molar-refractivity contribution in [2.45, 2.75) is 25.3 Å². The molecule has 0 radical (unpaired) electrons. The molecule has 4 nitrogen and oxygen atoms in total. The lowest BCUT2D eigenvalue weighted by molar-refractivity contribution is 0.272. The van der Waals surface area contributed by atoms with Crippen LogP contribution in [0.4, 0.5) is 0 Å². The van der Waals surface area contributed by atoms with Crippen molar-refractivity contribution < 1.29 is 0 Å². The van der Waals surface area contributed by atoms with E-state index in [1.54, 1.807) is 0 Å². The van der Waals surface area contributed by atoms with E-state index in [1.807, 2.05) is 17.9 Å². The minimum Gasteiger partial charge on any atom is -0.329 e. The van der Waals surface area contributed by atoms with E-state index in [2.05, 4.69) is 16.1 Å². The Labute approximate surface area is 91.1 Å². The van der Waals surface area contributed by atoms with Crippen molar-refractivity contribution in [1.29, 1.82) is 0 Å². The highest BCUT2D eigenvalue weighted by molar-refractivity contribution is 5.01. The quantitative estimate of drug-likeness (QED) is 0.735. The second kappa shape index (κ2) is 4.77. The summed E-state index contributed by atoms with van der Waals surface area (Å²) in [5.41, 5.74) is 6.92. The highest BCUT2D eigenvalue weighted by Crippen LogP contribution is 2.26. The Morgan fingerprint density at radius 1 is 1.53 bits per heavy atom. The highest BCUT2D eigenvalue weighted by Gasteiger charge is 2.27. The van der Waals surface area contributed by atoms with Crippen LogP contribution in [0.3, 0.4) is 0 Å². The Bertz CT molecular complexity index is 303. The lowest BCUT2D eigenvalue weighted by Crippen LogP contribution is -2.33. The van der Waals surface area contributed by atoms with Crippen LogP contribution >= 0.6 is 0 Å². The van der Waals surface area contributed by atoms with E-state index in [4.69, 9.17) is 5.73 Å². The van der Waals surface area contributed by atoms with E-state index in [0.717, 1.165) is 32.1 Å². The fraction of sp³-hybridized carbons (Fsp3) is 0.727. The number of hydrogen-bond acceptors (Lipinski definition) is 3. The molecule has 0 unspecified atom stereocenters. The van der Waals surface area contributed by atoms with Crippen molar-refractivity contribution in [2.24, 2.45) is 12.8 Å². The van der Waals surface area contributed by atoms with Crippen LogP contribution in [0.2, 0.25) is 0 Å². The molecule has 0 bridgehead atoms. The zero-order valence-corrected chi connectivity index (χ0v) is 9.39. The van der Waals surface area contributed by atoms with Crippen LogP contribution in [0.5, 0.6) is 0 Å². The van der Waals surface area contributed by atoms with Gasteiger partial charge in [0.15, 0.2) is 0 Å². The zero-order chi connectivity index (χ0) is 10.7. The van der Waals surface area contributed by atoms with Gasteiger partial charge in [0.05, 0.1) is 0 Å². The summed E-state index contributed by atoms with van der Waals surface area (Å²) < 4.78 is 1.95. The molecule has 1 aromatic heterocycles. The maximum Gasteiger partial charge on any atom is 0.0492 e. The van der Waals surface area contributed by atoms with Gasteiger partial charge in [-0.3, -0.25) is 9.58 Å². The fourth-order valence-corrected chi connectivity index (χ4v) is 1.99. The molecular weight excluding hydrogens is 188 g/mol. The summed E-state index contributed by atoms with van der Waals surface area (Å²) in [7, 11) is 2.00. The standard InChI is InChI=1S/C11H20N4/c1-14-10(4-7-13-14)5-8-15(9-6-12)11-2-3-11/h4,7,11H,2-3,5-6,8-9,12H2,1H3. The highest BCUT2D eigenvalue weighted by atomic mass is 15.3. The minimum atomic E-state index is 0.766. The molecule has 1 aliphatic carbocycles. The second-order valence-corrected chi connectivity index (χ2v) is 4.25. The molecule has 1 heterocycles. The van der Waals surface area contributed by atoms with Crippen molar-refractivity contribution >= 4 is 0 Å². The van der Waals surface area contributed by atoms with Crippen molar-refractivity contribution in [3.8, 4) is 0 Å². The van der Waals surface area contributed by atoms with Crippen LogP contribution in [0.1, 0.15) is 18.5 Å². The van der Waals surface area contributed by atoms with E-state index in [-0.39, 0.29) is 0 Å². The summed E-state index contributed by atoms with van der Waals surface area (Å²) in [4.78, 5) is 2.51. The van der Waals surface area contributed by atoms with Gasteiger partial charge in [-0.2, -0.15) is 5.10 Å². The maximum atomic E-state index is 5.61. The average Bonchev–Trinajstić information content (AvgIpc) is 2.98. The SMILES string of the molecule is Cn1nccc1CCN(CCN)C1CC1. The molecule has 0 atom stereocenters. The first-order valence-corrected chi connectivity index (χ1v) is 5.72. The Morgan fingerprint density at radius 2 is 2.33 bits per heavy atom. The molecular formula is C11H20N4. The first-order valence-electron chi connectivity index (χ1n) is 5.72. The van der Waals surface area contributed by atoms with Crippen LogP contribution in [0.15, 0.2) is 12.3 Å². The number of nitrogens with zero attached hydrogens (tertiary/aromatic N) is 3. The first kappa shape index (κ1) is 10.6. The summed E-state index contributed by atoms with van der Waals surface area (Å²) in [6.45, 7) is 2.91. The van der Waals surface area contributed by atoms with Crippen LogP contribution in [-0.2, 0) is 13.5 Å². The predicted octanol–water partition coefficient (Wildman–Crippen LogP) is 0.386. The molecule has 4 heteroatoms. The lowest BCUT2D eigenvalue weighted by atomic mass is 10.3. The number of nitrogens with two attached hydrogens (primary N) is 1. The van der Waals surface area contributed by atoms with E-state index < -0.39 is 0 Å². The lowest BCUT2D eigenvalue weighted by Gasteiger charge is -2.20. The normalized spacial score (nSPS) is 16.2. The average molecular weight is 208 g/mol. The molecule has 0 aromatic carbocycles. The number of aryl methyl sites for hydroxylation is 1. The smallest absolute Gasteiger partial charge is 0.0492 e. The van der Waals surface area contributed by atoms with Crippen LogP contribution in [0, 0.1) is 0 Å². The first-order chi connectivity index (χ1) is 7.31. The van der Waals surface area contributed by atoms with Gasteiger partial charge in [-0.05, 0) is 18.9 Å². The molecule has 84 valence electrons. The molecule has 0 aliphatic heterocycles. The summed E-state index contributed by atoms with van der Waals surface area (Å²) >= 11 is 0. The third-order valence-electron chi connectivity index (χ3n) is 3.06. The molecule has 1 aromatic rings. The molecule has 1 saturated carbocycles. The summed E-state index contributed by atoms with van der Waals surface area (Å²) in [5.74, 6) is 0. The minimum absolute atomic E-state index is 0.766. The third kappa shape index (κ3) is 2.79. The Balaban J connectivity index is 1.82.